The van der Waals surface area contributed by atoms with E-state index in [-0.39, 0.29) is 0 Å². The van der Waals surface area contributed by atoms with Crippen molar-refractivity contribution in [3.63, 3.8) is 0 Å². The maximum Gasteiger partial charge on any atom is 0.110 e. The van der Waals surface area contributed by atoms with Crippen LogP contribution in [-0.2, 0) is 0 Å². The van der Waals surface area contributed by atoms with Crippen molar-refractivity contribution in [3.05, 3.63) is 47.5 Å². The number of nitrogens with zero attached hydrogens (tertiary/aromatic N) is 3. The van der Waals surface area contributed by atoms with Gasteiger partial charge in [-0.3, -0.25) is 4.90 Å². The Morgan fingerprint density at radius 2 is 1.72 bits per heavy atom. The predicted molar refractivity (Wildman–Crippen MR) is 103 cm³/mol. The van der Waals surface area contributed by atoms with Gasteiger partial charge in [0.15, 0.2) is 0 Å². The number of aromatic nitrogens is 2. The topological polar surface area (TPSA) is 35.2 Å². The van der Waals surface area contributed by atoms with Crippen molar-refractivity contribution in [2.75, 3.05) is 31.1 Å². The zero-order valence-electron chi connectivity index (χ0n) is 14.7. The minimum atomic E-state index is 0.555. The largest absolute Gasteiger partial charge is 0.369 e. The molecule has 2 aromatic rings. The van der Waals surface area contributed by atoms with Crippen molar-refractivity contribution in [1.29, 1.82) is 0 Å². The zero-order valence-corrected chi connectivity index (χ0v) is 15.5. The van der Waals surface area contributed by atoms with Crippen LogP contribution in [0.1, 0.15) is 43.8 Å². The maximum absolute atomic E-state index is 6.02. The summed E-state index contributed by atoms with van der Waals surface area (Å²) in [5, 5.41) is 0.808. The highest BCUT2D eigenvalue weighted by Gasteiger charge is 2.33. The van der Waals surface area contributed by atoms with E-state index in [1.807, 2.05) is 24.5 Å². The minimum absolute atomic E-state index is 0.555. The van der Waals surface area contributed by atoms with Crippen LogP contribution < -0.4 is 4.90 Å². The average Bonchev–Trinajstić information content (AvgIpc) is 3.07. The molecule has 25 heavy (non-hydrogen) atoms. The summed E-state index contributed by atoms with van der Waals surface area (Å²) in [7, 11) is 0. The van der Waals surface area contributed by atoms with Gasteiger partial charge in [-0.15, -0.1) is 0 Å². The third kappa shape index (κ3) is 3.85. The monoisotopic (exact) mass is 358 g/mol. The summed E-state index contributed by atoms with van der Waals surface area (Å²) in [6.45, 7) is 4.43. The molecule has 1 aliphatic carbocycles. The second-order valence-electron chi connectivity index (χ2n) is 7.29. The fraction of sp³-hybridized carbons (Fsp3) is 0.550. The molecule has 2 aliphatic rings. The number of hydrogen-bond donors (Lipinski definition) is 1. The van der Waals surface area contributed by atoms with Gasteiger partial charge in [0.2, 0.25) is 0 Å². The number of benzene rings is 1. The maximum atomic E-state index is 6.02. The summed E-state index contributed by atoms with van der Waals surface area (Å²) in [6.07, 6.45) is 10.5. The SMILES string of the molecule is Clc1ccc(N2CCN(C3CCCCCC3c3ncc[nH]3)CC2)cc1. The van der Waals surface area contributed by atoms with Gasteiger partial charge in [0.05, 0.1) is 0 Å². The number of piperazine rings is 1. The normalized spacial score (nSPS) is 25.7. The van der Waals surface area contributed by atoms with Crippen molar-refractivity contribution in [2.24, 2.45) is 0 Å². The van der Waals surface area contributed by atoms with Gasteiger partial charge in [-0.2, -0.15) is 0 Å². The fourth-order valence-corrected chi connectivity index (χ4v) is 4.61. The Hall–Kier alpha value is -1.52. The van der Waals surface area contributed by atoms with Crippen molar-refractivity contribution >= 4 is 17.3 Å². The molecule has 2 unspecified atom stereocenters. The minimum Gasteiger partial charge on any atom is -0.369 e. The highest BCUT2D eigenvalue weighted by Crippen LogP contribution is 2.34. The number of rotatable bonds is 3. The first kappa shape index (κ1) is 16.9. The van der Waals surface area contributed by atoms with E-state index < -0.39 is 0 Å². The molecule has 1 aromatic carbocycles. The summed E-state index contributed by atoms with van der Waals surface area (Å²) in [4.78, 5) is 13.2. The van der Waals surface area contributed by atoms with Crippen molar-refractivity contribution in [1.82, 2.24) is 14.9 Å². The van der Waals surface area contributed by atoms with E-state index in [1.54, 1.807) is 0 Å². The van der Waals surface area contributed by atoms with Gasteiger partial charge in [0.1, 0.15) is 5.82 Å². The Balaban J connectivity index is 1.43. The quantitative estimate of drug-likeness (QED) is 0.831. The molecule has 4 rings (SSSR count). The average molecular weight is 359 g/mol. The fourth-order valence-electron chi connectivity index (χ4n) is 4.49. The van der Waals surface area contributed by atoms with Crippen LogP contribution in [0, 0.1) is 0 Å². The van der Waals surface area contributed by atoms with Gasteiger partial charge in [0.25, 0.3) is 0 Å². The summed E-state index contributed by atoms with van der Waals surface area (Å²) in [6, 6.07) is 8.87. The summed E-state index contributed by atoms with van der Waals surface area (Å²) in [5.74, 6) is 1.74. The van der Waals surface area contributed by atoms with Gasteiger partial charge < -0.3 is 9.88 Å². The van der Waals surface area contributed by atoms with E-state index in [4.69, 9.17) is 11.6 Å². The lowest BCUT2D eigenvalue weighted by molar-refractivity contribution is 0.150. The number of H-pyrrole nitrogens is 1. The number of halogens is 1. The molecule has 1 saturated carbocycles. The zero-order chi connectivity index (χ0) is 17.1. The van der Waals surface area contributed by atoms with Gasteiger partial charge in [-0.1, -0.05) is 30.9 Å². The Bertz CT molecular complexity index is 647. The molecule has 0 amide bonds. The van der Waals surface area contributed by atoms with Gasteiger partial charge >= 0.3 is 0 Å². The smallest absolute Gasteiger partial charge is 0.110 e. The molecule has 1 aliphatic heterocycles. The second kappa shape index (κ2) is 7.79. The molecule has 2 atom stereocenters. The van der Waals surface area contributed by atoms with Crippen molar-refractivity contribution < 1.29 is 0 Å². The van der Waals surface area contributed by atoms with Gasteiger partial charge in [-0.05, 0) is 37.1 Å². The van der Waals surface area contributed by atoms with Crippen LogP contribution >= 0.6 is 11.6 Å². The van der Waals surface area contributed by atoms with Crippen LogP contribution in [-0.4, -0.2) is 47.1 Å². The van der Waals surface area contributed by atoms with E-state index in [2.05, 4.69) is 31.9 Å². The molecule has 0 bridgehead atoms. The third-order valence-electron chi connectivity index (χ3n) is 5.83. The Kier molecular flexibility index (Phi) is 5.28. The first-order chi connectivity index (χ1) is 12.3. The number of anilines is 1. The first-order valence-electron chi connectivity index (χ1n) is 9.55. The Morgan fingerprint density at radius 1 is 0.960 bits per heavy atom. The molecule has 0 radical (unpaired) electrons. The molecule has 0 spiro atoms. The van der Waals surface area contributed by atoms with Crippen LogP contribution in [0.15, 0.2) is 36.7 Å². The molecule has 5 heteroatoms. The van der Waals surface area contributed by atoms with E-state index in [1.165, 1.54) is 43.6 Å². The lowest BCUT2D eigenvalue weighted by atomic mass is 9.92. The standard InChI is InChI=1S/C20H27ClN4/c21-16-6-8-17(9-7-16)24-12-14-25(15-13-24)19-5-3-1-2-4-18(19)20-22-10-11-23-20/h6-11,18-19H,1-5,12-15H2,(H,22,23). The van der Waals surface area contributed by atoms with E-state index in [9.17, 15) is 0 Å². The van der Waals surface area contributed by atoms with Crippen molar-refractivity contribution in [2.45, 2.75) is 44.1 Å². The van der Waals surface area contributed by atoms with Gasteiger partial charge in [0, 0.05) is 61.2 Å². The Morgan fingerprint density at radius 3 is 2.44 bits per heavy atom. The molecular formula is C20H27ClN4. The van der Waals surface area contributed by atoms with Crippen LogP contribution in [0.3, 0.4) is 0 Å². The number of nitrogens with one attached hydrogen (secondary N) is 1. The highest BCUT2D eigenvalue weighted by atomic mass is 35.5. The third-order valence-corrected chi connectivity index (χ3v) is 6.08. The van der Waals surface area contributed by atoms with E-state index in [0.717, 1.165) is 31.2 Å². The summed E-state index contributed by atoms with van der Waals surface area (Å²) >= 11 is 6.02. The number of imidazole rings is 1. The van der Waals surface area contributed by atoms with Crippen LogP contribution in [0.5, 0.6) is 0 Å². The van der Waals surface area contributed by atoms with Crippen LogP contribution in [0.2, 0.25) is 5.02 Å². The lowest BCUT2D eigenvalue weighted by Gasteiger charge is -2.42. The van der Waals surface area contributed by atoms with Crippen LogP contribution in [0.25, 0.3) is 0 Å². The molecule has 2 fully saturated rings. The predicted octanol–water partition coefficient (Wildman–Crippen LogP) is 4.30. The molecule has 4 nitrogen and oxygen atoms in total. The summed E-state index contributed by atoms with van der Waals surface area (Å²) < 4.78 is 0. The summed E-state index contributed by atoms with van der Waals surface area (Å²) in [5.41, 5.74) is 1.28. The molecule has 134 valence electrons. The molecule has 1 saturated heterocycles. The second-order valence-corrected chi connectivity index (χ2v) is 7.72. The number of aromatic amines is 1. The first-order valence-corrected chi connectivity index (χ1v) is 9.93. The van der Waals surface area contributed by atoms with Crippen LogP contribution in [0.4, 0.5) is 5.69 Å². The van der Waals surface area contributed by atoms with E-state index >= 15 is 0 Å². The molecule has 1 aromatic heterocycles. The van der Waals surface area contributed by atoms with Gasteiger partial charge in [-0.25, -0.2) is 4.98 Å². The molecule has 1 N–H and O–H groups in total. The van der Waals surface area contributed by atoms with E-state index in [0.29, 0.717) is 12.0 Å². The lowest BCUT2D eigenvalue weighted by Crippen LogP contribution is -2.52. The Labute approximate surface area is 155 Å². The molecule has 2 heterocycles. The van der Waals surface area contributed by atoms with Crippen molar-refractivity contribution in [3.8, 4) is 0 Å². The number of hydrogen-bond acceptors (Lipinski definition) is 3. The molecular weight excluding hydrogens is 332 g/mol. The highest BCUT2D eigenvalue weighted by molar-refractivity contribution is 6.30.